The van der Waals surface area contributed by atoms with Gasteiger partial charge in [0.05, 0.1) is 13.2 Å². The van der Waals surface area contributed by atoms with Gasteiger partial charge < -0.3 is 9.53 Å². The van der Waals surface area contributed by atoms with Crippen molar-refractivity contribution in [1.82, 2.24) is 0 Å². The van der Waals surface area contributed by atoms with Gasteiger partial charge in [0.25, 0.3) is 0 Å². The van der Waals surface area contributed by atoms with Crippen LogP contribution in [0.25, 0.3) is 0 Å². The molecule has 0 radical (unpaired) electrons. The molecule has 0 fully saturated rings. The molecular formula is C13H28O2Si. The molecule has 0 aliphatic rings. The summed E-state index contributed by atoms with van der Waals surface area (Å²) in [6.07, 6.45) is 3.68. The number of aliphatic hydroxyl groups excluding tert-OH is 1. The first kappa shape index (κ1) is 15.9. The number of hydrogen-bond acceptors (Lipinski definition) is 2. The second-order valence-electron chi connectivity index (χ2n) is 5.28. The number of rotatable bonds is 7. The van der Waals surface area contributed by atoms with Gasteiger partial charge in [0, 0.05) is 0 Å². The van der Waals surface area contributed by atoms with Crippen LogP contribution in [0.5, 0.6) is 0 Å². The van der Waals surface area contributed by atoms with E-state index in [4.69, 9.17) is 9.53 Å². The lowest BCUT2D eigenvalue weighted by Crippen LogP contribution is -2.47. The first-order valence-corrected chi connectivity index (χ1v) is 8.43. The fourth-order valence-electron chi connectivity index (χ4n) is 2.84. The zero-order valence-electron chi connectivity index (χ0n) is 11.7. The Morgan fingerprint density at radius 1 is 0.938 bits per heavy atom. The summed E-state index contributed by atoms with van der Waals surface area (Å²) in [5.74, 6) is 0. The summed E-state index contributed by atoms with van der Waals surface area (Å²) in [7, 11) is -1.71. The number of hydrogen-bond donors (Lipinski definition) is 1. The van der Waals surface area contributed by atoms with Crippen molar-refractivity contribution < 1.29 is 9.53 Å². The average molecular weight is 244 g/mol. The quantitative estimate of drug-likeness (QED) is 0.546. The Balaban J connectivity index is 4.70. The lowest BCUT2D eigenvalue weighted by molar-refractivity contribution is 0.311. The fourth-order valence-corrected chi connectivity index (χ4v) is 8.22. The molecule has 0 bridgehead atoms. The molecule has 1 N–H and O–H groups in total. The van der Waals surface area contributed by atoms with Crippen molar-refractivity contribution in [2.45, 2.75) is 58.2 Å². The van der Waals surface area contributed by atoms with E-state index in [1.165, 1.54) is 0 Å². The normalized spacial score (nSPS) is 13.6. The molecule has 0 aliphatic carbocycles. The highest BCUT2D eigenvalue weighted by Crippen LogP contribution is 2.42. The van der Waals surface area contributed by atoms with Crippen LogP contribution in [-0.2, 0) is 4.43 Å². The highest BCUT2D eigenvalue weighted by Gasteiger charge is 2.44. The fraction of sp³-hybridized carbons (Fsp3) is 0.846. The molecule has 0 amide bonds. The smallest absolute Gasteiger partial charge is 0.200 e. The van der Waals surface area contributed by atoms with Crippen LogP contribution in [0.2, 0.25) is 16.6 Å². The number of aliphatic hydroxyl groups is 1. The van der Waals surface area contributed by atoms with Crippen molar-refractivity contribution >= 4 is 8.32 Å². The zero-order valence-corrected chi connectivity index (χ0v) is 12.7. The van der Waals surface area contributed by atoms with Gasteiger partial charge in [-0.3, -0.25) is 0 Å². The van der Waals surface area contributed by atoms with Crippen molar-refractivity contribution in [2.24, 2.45) is 0 Å². The van der Waals surface area contributed by atoms with E-state index in [1.54, 1.807) is 6.08 Å². The van der Waals surface area contributed by atoms with E-state index in [9.17, 15) is 0 Å². The molecule has 0 aromatic carbocycles. The van der Waals surface area contributed by atoms with Crippen LogP contribution in [0.4, 0.5) is 0 Å². The molecule has 0 saturated carbocycles. The van der Waals surface area contributed by atoms with Crippen LogP contribution in [0.3, 0.4) is 0 Å². The van der Waals surface area contributed by atoms with Gasteiger partial charge in [0.1, 0.15) is 0 Å². The minimum atomic E-state index is -1.71. The van der Waals surface area contributed by atoms with Gasteiger partial charge in [-0.2, -0.15) is 0 Å². The molecule has 2 nitrogen and oxygen atoms in total. The van der Waals surface area contributed by atoms with Gasteiger partial charge in [-0.25, -0.2) is 0 Å². The van der Waals surface area contributed by atoms with Crippen LogP contribution >= 0.6 is 0 Å². The maximum absolute atomic E-state index is 8.69. The lowest BCUT2D eigenvalue weighted by Gasteiger charge is -2.41. The summed E-state index contributed by atoms with van der Waals surface area (Å²) >= 11 is 0. The molecule has 16 heavy (non-hydrogen) atoms. The Bertz CT molecular complexity index is 188. The van der Waals surface area contributed by atoms with E-state index >= 15 is 0 Å². The second-order valence-corrected chi connectivity index (χ2v) is 10.7. The van der Waals surface area contributed by atoms with Crippen LogP contribution in [0.15, 0.2) is 12.2 Å². The molecule has 0 unspecified atom stereocenters. The topological polar surface area (TPSA) is 29.5 Å². The molecule has 0 spiro atoms. The first-order chi connectivity index (χ1) is 7.39. The minimum absolute atomic E-state index is 0.100. The Labute approximate surface area is 102 Å². The third-order valence-electron chi connectivity index (χ3n) is 3.41. The Hall–Kier alpha value is -0.123. The predicted molar refractivity (Wildman–Crippen MR) is 73.2 cm³/mol. The van der Waals surface area contributed by atoms with Crippen molar-refractivity contribution in [3.8, 4) is 0 Å². The first-order valence-electron chi connectivity index (χ1n) is 6.29. The summed E-state index contributed by atoms with van der Waals surface area (Å²) in [5, 5.41) is 8.69. The van der Waals surface area contributed by atoms with Gasteiger partial charge in [-0.05, 0) is 16.6 Å². The van der Waals surface area contributed by atoms with Crippen LogP contribution in [0.1, 0.15) is 41.5 Å². The maximum Gasteiger partial charge on any atom is 0.200 e. The van der Waals surface area contributed by atoms with Crippen molar-refractivity contribution in [2.75, 3.05) is 13.2 Å². The molecule has 0 aromatic heterocycles. The van der Waals surface area contributed by atoms with E-state index in [0.29, 0.717) is 23.2 Å². The molecule has 0 aromatic rings. The summed E-state index contributed by atoms with van der Waals surface area (Å²) < 4.78 is 6.26. The summed E-state index contributed by atoms with van der Waals surface area (Å²) in [6.45, 7) is 14.4. The summed E-state index contributed by atoms with van der Waals surface area (Å²) in [5.41, 5.74) is 1.86. The van der Waals surface area contributed by atoms with Crippen molar-refractivity contribution in [1.29, 1.82) is 0 Å². The van der Waals surface area contributed by atoms with Crippen molar-refractivity contribution in [3.63, 3.8) is 0 Å². The third kappa shape index (κ3) is 3.72. The van der Waals surface area contributed by atoms with Gasteiger partial charge in [0.2, 0.25) is 8.32 Å². The standard InChI is InChI=1S/C13H28O2Si/c1-11(2)16(12(3)4,13(5)6)15-10-8-7-9-14/h7-8,11-14H,9-10H2,1-6H3/b8-7-. The van der Waals surface area contributed by atoms with Gasteiger partial charge in [-0.15, -0.1) is 0 Å². The Morgan fingerprint density at radius 3 is 1.69 bits per heavy atom. The second kappa shape index (κ2) is 7.25. The lowest BCUT2D eigenvalue weighted by atomic mass is 10.5. The molecule has 0 saturated heterocycles. The van der Waals surface area contributed by atoms with E-state index in [2.05, 4.69) is 41.5 Å². The van der Waals surface area contributed by atoms with E-state index < -0.39 is 8.32 Å². The van der Waals surface area contributed by atoms with Crippen molar-refractivity contribution in [3.05, 3.63) is 12.2 Å². The van der Waals surface area contributed by atoms with Crippen LogP contribution in [0, 0.1) is 0 Å². The third-order valence-corrected chi connectivity index (χ3v) is 9.49. The van der Waals surface area contributed by atoms with E-state index in [0.717, 1.165) is 0 Å². The molecular weight excluding hydrogens is 216 g/mol. The van der Waals surface area contributed by atoms with Gasteiger partial charge in [-0.1, -0.05) is 53.7 Å². The Morgan fingerprint density at radius 2 is 1.38 bits per heavy atom. The summed E-state index contributed by atoms with van der Waals surface area (Å²) in [6, 6.07) is 0. The molecule has 0 atom stereocenters. The molecule has 3 heteroatoms. The van der Waals surface area contributed by atoms with Gasteiger partial charge >= 0.3 is 0 Å². The van der Waals surface area contributed by atoms with Crippen LogP contribution < -0.4 is 0 Å². The average Bonchev–Trinajstić information content (AvgIpc) is 2.16. The SMILES string of the molecule is CC(C)[Si](OC/C=C\CO)(C(C)C)C(C)C. The minimum Gasteiger partial charge on any atom is -0.412 e. The maximum atomic E-state index is 8.69. The van der Waals surface area contributed by atoms with Crippen LogP contribution in [-0.4, -0.2) is 26.6 Å². The highest BCUT2D eigenvalue weighted by molar-refractivity contribution is 6.77. The molecule has 0 heterocycles. The largest absolute Gasteiger partial charge is 0.412 e. The summed E-state index contributed by atoms with van der Waals surface area (Å²) in [4.78, 5) is 0. The predicted octanol–water partition coefficient (Wildman–Crippen LogP) is 3.73. The zero-order chi connectivity index (χ0) is 12.8. The Kier molecular flexibility index (Phi) is 7.20. The van der Waals surface area contributed by atoms with Gasteiger partial charge in [0.15, 0.2) is 0 Å². The molecule has 0 rings (SSSR count). The van der Waals surface area contributed by atoms with E-state index in [1.807, 2.05) is 6.08 Å². The molecule has 0 aliphatic heterocycles. The monoisotopic (exact) mass is 244 g/mol. The van der Waals surface area contributed by atoms with E-state index in [-0.39, 0.29) is 6.61 Å². The highest BCUT2D eigenvalue weighted by atomic mass is 28.4. The molecule has 96 valence electrons.